The molecular weight excluding hydrogens is 338 g/mol. The molecule has 0 spiro atoms. The molecule has 1 aliphatic heterocycles. The zero-order valence-electron chi connectivity index (χ0n) is 14.0. The molecule has 2 unspecified atom stereocenters. The van der Waals surface area contributed by atoms with Gasteiger partial charge >= 0.3 is 0 Å². The van der Waals surface area contributed by atoms with E-state index in [-0.39, 0.29) is 35.2 Å². The average molecular weight is 356 g/mol. The normalized spacial score (nSPS) is 17.5. The number of amides is 1. The standard InChI is InChI=1S/C20H18F2N2O2/c21-17-5-2-1-4-14(17)15-8-7-13(12-18(15)22)24-20(25)16(9-10-23)19-6-3-11-26-19/h1-2,4-5,7-8,12,16,19H,3,6,9,11H2,(H,24,25). The van der Waals surface area contributed by atoms with Crippen molar-refractivity contribution in [2.75, 3.05) is 11.9 Å². The van der Waals surface area contributed by atoms with E-state index in [1.807, 2.05) is 6.07 Å². The van der Waals surface area contributed by atoms with E-state index in [1.165, 1.54) is 30.3 Å². The highest BCUT2D eigenvalue weighted by molar-refractivity contribution is 5.93. The second kappa shape index (κ2) is 8.07. The number of nitrogens with zero attached hydrogens (tertiary/aromatic N) is 1. The van der Waals surface area contributed by atoms with Crippen molar-refractivity contribution in [2.45, 2.75) is 25.4 Å². The van der Waals surface area contributed by atoms with E-state index in [2.05, 4.69) is 5.32 Å². The van der Waals surface area contributed by atoms with Crippen molar-refractivity contribution in [2.24, 2.45) is 5.92 Å². The number of carbonyl (C=O) groups is 1. The van der Waals surface area contributed by atoms with Gasteiger partial charge in [0.1, 0.15) is 11.6 Å². The van der Waals surface area contributed by atoms with Crippen LogP contribution in [0, 0.1) is 28.9 Å². The number of nitrogens with one attached hydrogen (secondary N) is 1. The highest BCUT2D eigenvalue weighted by Gasteiger charge is 2.31. The Balaban J connectivity index is 1.78. The van der Waals surface area contributed by atoms with Gasteiger partial charge in [-0.2, -0.15) is 5.26 Å². The van der Waals surface area contributed by atoms with Crippen LogP contribution in [0.15, 0.2) is 42.5 Å². The predicted octanol–water partition coefficient (Wildman–Crippen LogP) is 4.28. The fraction of sp³-hybridized carbons (Fsp3) is 0.300. The summed E-state index contributed by atoms with van der Waals surface area (Å²) in [7, 11) is 0. The summed E-state index contributed by atoms with van der Waals surface area (Å²) in [5, 5.41) is 11.6. The third kappa shape index (κ3) is 3.89. The zero-order chi connectivity index (χ0) is 18.5. The lowest BCUT2D eigenvalue weighted by atomic mass is 9.95. The van der Waals surface area contributed by atoms with Gasteiger partial charge in [-0.25, -0.2) is 8.78 Å². The van der Waals surface area contributed by atoms with Crippen LogP contribution in [0.1, 0.15) is 19.3 Å². The monoisotopic (exact) mass is 356 g/mol. The number of benzene rings is 2. The fourth-order valence-corrected chi connectivity index (χ4v) is 3.14. The second-order valence-corrected chi connectivity index (χ2v) is 6.18. The van der Waals surface area contributed by atoms with Gasteiger partial charge in [0.2, 0.25) is 5.91 Å². The van der Waals surface area contributed by atoms with Crippen molar-refractivity contribution in [1.29, 1.82) is 5.26 Å². The van der Waals surface area contributed by atoms with Crippen molar-refractivity contribution in [3.63, 3.8) is 0 Å². The van der Waals surface area contributed by atoms with Crippen LogP contribution in [-0.4, -0.2) is 18.6 Å². The van der Waals surface area contributed by atoms with Gasteiger partial charge < -0.3 is 10.1 Å². The third-order valence-corrected chi connectivity index (χ3v) is 4.46. The van der Waals surface area contributed by atoms with Crippen molar-refractivity contribution < 1.29 is 18.3 Å². The van der Waals surface area contributed by atoms with Gasteiger partial charge in [-0.3, -0.25) is 4.79 Å². The van der Waals surface area contributed by atoms with Crippen LogP contribution in [0.2, 0.25) is 0 Å². The van der Waals surface area contributed by atoms with Gasteiger partial charge in [0.05, 0.1) is 18.1 Å². The zero-order valence-corrected chi connectivity index (χ0v) is 14.0. The number of nitriles is 1. The fourth-order valence-electron chi connectivity index (χ4n) is 3.14. The van der Waals surface area contributed by atoms with E-state index < -0.39 is 17.6 Å². The van der Waals surface area contributed by atoms with E-state index in [9.17, 15) is 13.6 Å². The minimum absolute atomic E-state index is 0.0340. The van der Waals surface area contributed by atoms with E-state index in [0.717, 1.165) is 18.9 Å². The van der Waals surface area contributed by atoms with Crippen LogP contribution in [0.4, 0.5) is 14.5 Å². The molecule has 1 fully saturated rings. The summed E-state index contributed by atoms with van der Waals surface area (Å²) in [5.41, 5.74) is 0.534. The summed E-state index contributed by atoms with van der Waals surface area (Å²) in [6.45, 7) is 0.575. The molecule has 4 nitrogen and oxygen atoms in total. The number of rotatable bonds is 5. The molecule has 2 atom stereocenters. The molecule has 0 aromatic heterocycles. The average Bonchev–Trinajstić information content (AvgIpc) is 3.15. The van der Waals surface area contributed by atoms with Crippen LogP contribution >= 0.6 is 0 Å². The molecule has 1 amide bonds. The molecule has 2 aromatic rings. The van der Waals surface area contributed by atoms with Gasteiger partial charge in [-0.1, -0.05) is 18.2 Å². The van der Waals surface area contributed by atoms with Crippen molar-refractivity contribution in [1.82, 2.24) is 0 Å². The molecule has 0 saturated carbocycles. The van der Waals surface area contributed by atoms with Gasteiger partial charge in [0.25, 0.3) is 0 Å². The Morgan fingerprint density at radius 1 is 1.23 bits per heavy atom. The molecule has 3 rings (SSSR count). The molecule has 1 aliphatic rings. The molecule has 134 valence electrons. The molecule has 1 N–H and O–H groups in total. The number of hydrogen-bond donors (Lipinski definition) is 1. The topological polar surface area (TPSA) is 62.1 Å². The van der Waals surface area contributed by atoms with Gasteiger partial charge in [-0.15, -0.1) is 0 Å². The lowest BCUT2D eigenvalue weighted by molar-refractivity contribution is -0.123. The summed E-state index contributed by atoms with van der Waals surface area (Å²) in [6, 6.07) is 12.0. The van der Waals surface area contributed by atoms with Crippen molar-refractivity contribution >= 4 is 11.6 Å². The van der Waals surface area contributed by atoms with Crippen LogP contribution in [0.25, 0.3) is 11.1 Å². The van der Waals surface area contributed by atoms with Gasteiger partial charge in [-0.05, 0) is 37.1 Å². The largest absolute Gasteiger partial charge is 0.377 e. The van der Waals surface area contributed by atoms with Crippen LogP contribution in [0.5, 0.6) is 0 Å². The number of anilines is 1. The summed E-state index contributed by atoms with van der Waals surface area (Å²) < 4.78 is 33.8. The van der Waals surface area contributed by atoms with Crippen LogP contribution in [0.3, 0.4) is 0 Å². The molecule has 2 aromatic carbocycles. The van der Waals surface area contributed by atoms with Crippen molar-refractivity contribution in [3.8, 4) is 17.2 Å². The van der Waals surface area contributed by atoms with E-state index in [1.54, 1.807) is 6.07 Å². The van der Waals surface area contributed by atoms with Gasteiger partial charge in [0, 0.05) is 29.8 Å². The van der Waals surface area contributed by atoms with Crippen LogP contribution in [-0.2, 0) is 9.53 Å². The maximum atomic E-state index is 14.4. The molecular formula is C20H18F2N2O2. The summed E-state index contributed by atoms with van der Waals surface area (Å²) in [6.07, 6.45) is 1.32. The maximum Gasteiger partial charge on any atom is 0.231 e. The quantitative estimate of drug-likeness (QED) is 0.870. The lowest BCUT2D eigenvalue weighted by Crippen LogP contribution is -2.32. The molecule has 26 heavy (non-hydrogen) atoms. The SMILES string of the molecule is N#CCC(C(=O)Nc1ccc(-c2ccccc2F)c(F)c1)C1CCCO1. The Kier molecular flexibility index (Phi) is 5.59. The number of halogens is 2. The minimum atomic E-state index is -0.637. The number of carbonyl (C=O) groups excluding carboxylic acids is 1. The number of hydrogen-bond acceptors (Lipinski definition) is 3. The highest BCUT2D eigenvalue weighted by atomic mass is 19.1. The van der Waals surface area contributed by atoms with E-state index >= 15 is 0 Å². The second-order valence-electron chi connectivity index (χ2n) is 6.18. The first-order chi connectivity index (χ1) is 12.6. The Bertz CT molecular complexity index is 842. The molecule has 0 aliphatic carbocycles. The summed E-state index contributed by atoms with van der Waals surface area (Å²) in [4.78, 5) is 12.5. The summed E-state index contributed by atoms with van der Waals surface area (Å²) in [5.74, 6) is -2.13. The lowest BCUT2D eigenvalue weighted by Gasteiger charge is -2.20. The molecule has 0 bridgehead atoms. The molecule has 0 radical (unpaired) electrons. The van der Waals surface area contributed by atoms with Crippen molar-refractivity contribution in [3.05, 3.63) is 54.1 Å². The highest BCUT2D eigenvalue weighted by Crippen LogP contribution is 2.29. The van der Waals surface area contributed by atoms with E-state index in [0.29, 0.717) is 6.61 Å². The smallest absolute Gasteiger partial charge is 0.231 e. The Morgan fingerprint density at radius 2 is 2.00 bits per heavy atom. The molecule has 6 heteroatoms. The summed E-state index contributed by atoms with van der Waals surface area (Å²) >= 11 is 0. The minimum Gasteiger partial charge on any atom is -0.377 e. The Morgan fingerprint density at radius 3 is 2.65 bits per heavy atom. The first-order valence-corrected chi connectivity index (χ1v) is 8.44. The first kappa shape index (κ1) is 18.0. The third-order valence-electron chi connectivity index (χ3n) is 4.46. The maximum absolute atomic E-state index is 14.4. The predicted molar refractivity (Wildman–Crippen MR) is 93.1 cm³/mol. The Labute approximate surface area is 150 Å². The molecule has 1 saturated heterocycles. The molecule has 1 heterocycles. The number of ether oxygens (including phenoxy) is 1. The first-order valence-electron chi connectivity index (χ1n) is 8.44. The van der Waals surface area contributed by atoms with E-state index in [4.69, 9.17) is 10.00 Å². The Hall–Kier alpha value is -2.78. The van der Waals surface area contributed by atoms with Gasteiger partial charge in [0.15, 0.2) is 0 Å². The van der Waals surface area contributed by atoms with Crippen LogP contribution < -0.4 is 5.32 Å².